The number of hydrogen-bond donors (Lipinski definition) is 0. The highest BCUT2D eigenvalue weighted by atomic mass is 28.4. The molecule has 0 aromatic carbocycles. The van der Waals surface area contributed by atoms with Gasteiger partial charge in [-0.15, -0.1) is 6.58 Å². The Balaban J connectivity index is 5.23. The van der Waals surface area contributed by atoms with Gasteiger partial charge >= 0.3 is 0 Å². The highest BCUT2D eigenvalue weighted by Gasteiger charge is 2.37. The van der Waals surface area contributed by atoms with E-state index in [1.807, 2.05) is 0 Å². The van der Waals surface area contributed by atoms with E-state index >= 15 is 0 Å². The Kier molecular flexibility index (Phi) is 9.89. The first-order valence-corrected chi connectivity index (χ1v) is 19.0. The first-order valence-electron chi connectivity index (χ1n) is 8.79. The molecule has 144 valence electrons. The third kappa shape index (κ3) is 13.5. The summed E-state index contributed by atoms with van der Waals surface area (Å²) in [6, 6.07) is 0. The Morgan fingerprint density at radius 1 is 0.667 bits per heavy atom. The second-order valence-corrected chi connectivity index (χ2v) is 23.0. The maximum atomic E-state index is 6.26. The predicted octanol–water partition coefficient (Wildman–Crippen LogP) is 4.73. The van der Waals surface area contributed by atoms with Crippen molar-refractivity contribution in [2.24, 2.45) is 5.41 Å². The normalized spacial score (nSPS) is 14.0. The van der Waals surface area contributed by atoms with Gasteiger partial charge in [-0.3, -0.25) is 0 Å². The van der Waals surface area contributed by atoms with Gasteiger partial charge in [-0.2, -0.15) is 0 Å². The lowest BCUT2D eigenvalue weighted by Gasteiger charge is -2.38. The van der Waals surface area contributed by atoms with Crippen LogP contribution in [-0.4, -0.2) is 58.0 Å². The molecule has 0 saturated heterocycles. The second kappa shape index (κ2) is 9.80. The molecule has 0 heterocycles. The van der Waals surface area contributed by atoms with E-state index in [1.165, 1.54) is 0 Å². The molecule has 0 aliphatic rings. The molecule has 0 aliphatic carbocycles. The molecule has 0 rings (SSSR count). The minimum Gasteiger partial charge on any atom is -0.417 e. The summed E-state index contributed by atoms with van der Waals surface area (Å²) < 4.78 is 24.6. The predicted molar refractivity (Wildman–Crippen MR) is 111 cm³/mol. The molecule has 0 atom stereocenters. The Labute approximate surface area is 153 Å². The van der Waals surface area contributed by atoms with Crippen molar-refractivity contribution in [3.05, 3.63) is 12.7 Å². The molecule has 24 heavy (non-hydrogen) atoms. The summed E-state index contributed by atoms with van der Waals surface area (Å²) >= 11 is 0. The van der Waals surface area contributed by atoms with Crippen molar-refractivity contribution < 1.29 is 18.0 Å². The van der Waals surface area contributed by atoms with Gasteiger partial charge in [0, 0.05) is 19.8 Å². The zero-order valence-corrected chi connectivity index (χ0v) is 20.5. The Hall–Kier alpha value is 0.231. The van der Waals surface area contributed by atoms with E-state index in [-0.39, 0.29) is 5.41 Å². The lowest BCUT2D eigenvalue weighted by molar-refractivity contribution is -0.0392. The van der Waals surface area contributed by atoms with Crippen molar-refractivity contribution in [1.82, 2.24) is 0 Å². The van der Waals surface area contributed by atoms with Crippen LogP contribution in [0.1, 0.15) is 0 Å². The summed E-state index contributed by atoms with van der Waals surface area (Å²) in [5.74, 6) is 0. The molecule has 7 heteroatoms. The molecular weight excluding hydrogens is 352 g/mol. The fraction of sp³-hybridized carbons (Fsp3) is 0.882. The maximum absolute atomic E-state index is 6.26. The molecule has 0 bridgehead atoms. The fourth-order valence-electron chi connectivity index (χ4n) is 1.72. The van der Waals surface area contributed by atoms with Crippen molar-refractivity contribution >= 4 is 25.0 Å². The second-order valence-electron chi connectivity index (χ2n) is 9.51. The first-order chi connectivity index (χ1) is 10.7. The van der Waals surface area contributed by atoms with Crippen LogP contribution in [0.5, 0.6) is 0 Å². The van der Waals surface area contributed by atoms with Gasteiger partial charge < -0.3 is 18.0 Å². The highest BCUT2D eigenvalue weighted by molar-refractivity contribution is 6.70. The van der Waals surface area contributed by atoms with Crippen molar-refractivity contribution in [3.63, 3.8) is 0 Å². The molecule has 0 N–H and O–H groups in total. The van der Waals surface area contributed by atoms with Crippen LogP contribution in [0.2, 0.25) is 58.9 Å². The monoisotopic (exact) mass is 392 g/mol. The molecular formula is C17H40O4Si3. The van der Waals surface area contributed by atoms with Gasteiger partial charge in [-0.1, -0.05) is 6.08 Å². The fourth-order valence-corrected chi connectivity index (χ4v) is 3.94. The molecule has 0 fully saturated rings. The van der Waals surface area contributed by atoms with E-state index in [1.54, 1.807) is 6.08 Å². The van der Waals surface area contributed by atoms with Gasteiger partial charge in [0.2, 0.25) is 0 Å². The molecule has 4 nitrogen and oxygen atoms in total. The molecule has 0 aliphatic heterocycles. The third-order valence-electron chi connectivity index (χ3n) is 3.08. The summed E-state index contributed by atoms with van der Waals surface area (Å²) in [5.41, 5.74) is -0.260. The largest absolute Gasteiger partial charge is 0.417 e. The highest BCUT2D eigenvalue weighted by Crippen LogP contribution is 2.26. The van der Waals surface area contributed by atoms with Crippen LogP contribution in [0.3, 0.4) is 0 Å². The van der Waals surface area contributed by atoms with Gasteiger partial charge in [0.1, 0.15) is 0 Å². The van der Waals surface area contributed by atoms with E-state index in [0.29, 0.717) is 33.0 Å². The summed E-state index contributed by atoms with van der Waals surface area (Å²) in [4.78, 5) is 0. The van der Waals surface area contributed by atoms with Gasteiger partial charge in [0.15, 0.2) is 25.0 Å². The van der Waals surface area contributed by atoms with E-state index in [0.717, 1.165) is 0 Å². The van der Waals surface area contributed by atoms with Gasteiger partial charge in [-0.25, -0.2) is 0 Å². The quantitative estimate of drug-likeness (QED) is 0.258. The van der Waals surface area contributed by atoms with E-state index in [4.69, 9.17) is 18.0 Å². The zero-order chi connectivity index (χ0) is 19.1. The lowest BCUT2D eigenvalue weighted by Crippen LogP contribution is -2.48. The SMILES string of the molecule is C=CCOCC(CO[Si](C)(C)C)(CO[Si](C)(C)C)CO[Si](C)(C)C. The molecule has 0 unspecified atom stereocenters. The van der Waals surface area contributed by atoms with Crippen molar-refractivity contribution in [2.45, 2.75) is 58.9 Å². The maximum Gasteiger partial charge on any atom is 0.183 e. The minimum absolute atomic E-state index is 0.260. The smallest absolute Gasteiger partial charge is 0.183 e. The average Bonchev–Trinajstić information content (AvgIpc) is 2.37. The van der Waals surface area contributed by atoms with Crippen molar-refractivity contribution in [2.75, 3.05) is 33.0 Å². The van der Waals surface area contributed by atoms with E-state index in [2.05, 4.69) is 65.5 Å². The minimum atomic E-state index is -1.63. The topological polar surface area (TPSA) is 36.9 Å². The van der Waals surface area contributed by atoms with Gasteiger partial charge in [-0.05, 0) is 58.9 Å². The number of hydrogen-bond acceptors (Lipinski definition) is 4. The van der Waals surface area contributed by atoms with E-state index in [9.17, 15) is 0 Å². The van der Waals surface area contributed by atoms with Crippen molar-refractivity contribution in [3.8, 4) is 0 Å². The van der Waals surface area contributed by atoms with E-state index < -0.39 is 25.0 Å². The summed E-state index contributed by atoms with van der Waals surface area (Å²) in [6.45, 7) is 26.6. The summed E-state index contributed by atoms with van der Waals surface area (Å²) in [5, 5.41) is 0. The molecule has 0 spiro atoms. The van der Waals surface area contributed by atoms with Crippen LogP contribution in [0, 0.1) is 5.41 Å². The molecule has 0 radical (unpaired) electrons. The lowest BCUT2D eigenvalue weighted by atomic mass is 9.93. The Morgan fingerprint density at radius 2 is 1.00 bits per heavy atom. The molecule has 0 saturated carbocycles. The van der Waals surface area contributed by atoms with Crippen molar-refractivity contribution in [1.29, 1.82) is 0 Å². The number of ether oxygens (including phenoxy) is 1. The number of rotatable bonds is 13. The zero-order valence-electron chi connectivity index (χ0n) is 17.5. The third-order valence-corrected chi connectivity index (χ3v) is 6.11. The van der Waals surface area contributed by atoms with Gasteiger partial charge in [0.25, 0.3) is 0 Å². The van der Waals surface area contributed by atoms with Gasteiger partial charge in [0.05, 0.1) is 18.6 Å². The molecule has 0 aromatic rings. The van der Waals surface area contributed by atoms with Crippen LogP contribution < -0.4 is 0 Å². The Morgan fingerprint density at radius 3 is 1.25 bits per heavy atom. The standard InChI is InChI=1S/C17H40O4Si3/c1-11-12-18-13-17(14-19-22(2,3)4,15-20-23(5,6)7)16-21-24(8,9)10/h11H,1,12-16H2,2-10H3. The summed E-state index contributed by atoms with van der Waals surface area (Å²) in [7, 11) is -4.89. The van der Waals surface area contributed by atoms with Crippen LogP contribution in [0.15, 0.2) is 12.7 Å². The first kappa shape index (κ1) is 24.2. The Bertz CT molecular complexity index is 322. The molecule has 0 aromatic heterocycles. The van der Waals surface area contributed by atoms with Crippen LogP contribution in [0.4, 0.5) is 0 Å². The van der Waals surface area contributed by atoms with Crippen LogP contribution in [0.25, 0.3) is 0 Å². The van der Waals surface area contributed by atoms with Crippen LogP contribution >= 0.6 is 0 Å². The van der Waals surface area contributed by atoms with Crippen LogP contribution in [-0.2, 0) is 18.0 Å². The average molecular weight is 393 g/mol. The summed E-state index contributed by atoms with van der Waals surface area (Å²) in [6.07, 6.45) is 1.78. The molecule has 0 amide bonds.